The van der Waals surface area contributed by atoms with Crippen LogP contribution in [0.2, 0.25) is 0 Å². The van der Waals surface area contributed by atoms with Crippen LogP contribution in [0.25, 0.3) is 0 Å². The third kappa shape index (κ3) is 3.79. The van der Waals surface area contributed by atoms with Gasteiger partial charge in [0.2, 0.25) is 0 Å². The molecule has 1 saturated heterocycles. The molecule has 1 aliphatic heterocycles. The second-order valence-electron chi connectivity index (χ2n) is 7.85. The normalized spacial score (nSPS) is 18.3. The smallest absolute Gasteiger partial charge is 0.274 e. The second kappa shape index (κ2) is 7.17. The van der Waals surface area contributed by atoms with Gasteiger partial charge in [-0.1, -0.05) is 0 Å². The SMILES string of the molecule is Cc1cnc(C(=O)N2CCC(Cc3ncc(C)n3CC3CC3)CC2)cn1. The second-order valence-corrected chi connectivity index (χ2v) is 7.85. The molecule has 2 aliphatic rings. The van der Waals surface area contributed by atoms with Crippen LogP contribution in [0, 0.1) is 25.7 Å². The lowest BCUT2D eigenvalue weighted by molar-refractivity contribution is 0.0683. The van der Waals surface area contributed by atoms with Gasteiger partial charge in [-0.2, -0.15) is 0 Å². The molecular formula is C20H27N5O. The molecule has 0 atom stereocenters. The summed E-state index contributed by atoms with van der Waals surface area (Å²) in [6.45, 7) is 6.75. The summed E-state index contributed by atoms with van der Waals surface area (Å²) < 4.78 is 2.41. The average Bonchev–Trinajstić information content (AvgIpc) is 3.42. The van der Waals surface area contributed by atoms with Crippen molar-refractivity contribution in [3.8, 4) is 0 Å². The van der Waals surface area contributed by atoms with Gasteiger partial charge in [0.25, 0.3) is 5.91 Å². The molecule has 1 aliphatic carbocycles. The number of aryl methyl sites for hydroxylation is 2. The summed E-state index contributed by atoms with van der Waals surface area (Å²) >= 11 is 0. The molecule has 4 rings (SSSR count). The standard InChI is InChI=1S/C20H27N5O/c1-14-10-22-18(12-21-14)20(26)24-7-5-16(6-8-24)9-19-23-11-15(2)25(19)13-17-3-4-17/h10-12,16-17H,3-9,13H2,1-2H3. The highest BCUT2D eigenvalue weighted by Crippen LogP contribution is 2.32. The highest BCUT2D eigenvalue weighted by atomic mass is 16.2. The fraction of sp³-hybridized carbons (Fsp3) is 0.600. The molecule has 0 spiro atoms. The largest absolute Gasteiger partial charge is 0.337 e. The van der Waals surface area contributed by atoms with E-state index >= 15 is 0 Å². The van der Waals surface area contributed by atoms with Crippen molar-refractivity contribution in [3.05, 3.63) is 41.5 Å². The van der Waals surface area contributed by atoms with Crippen LogP contribution in [0.15, 0.2) is 18.6 Å². The maximum Gasteiger partial charge on any atom is 0.274 e. The Bertz CT molecular complexity index is 770. The van der Waals surface area contributed by atoms with E-state index in [1.54, 1.807) is 12.4 Å². The van der Waals surface area contributed by atoms with Crippen molar-refractivity contribution < 1.29 is 4.79 Å². The Balaban J connectivity index is 1.34. The molecule has 2 fully saturated rings. The van der Waals surface area contributed by atoms with Gasteiger partial charge in [0.05, 0.1) is 11.9 Å². The zero-order chi connectivity index (χ0) is 18.1. The molecule has 0 bridgehead atoms. The number of aromatic nitrogens is 4. The number of piperidine rings is 1. The molecule has 0 N–H and O–H groups in total. The number of likely N-dealkylation sites (tertiary alicyclic amines) is 1. The lowest BCUT2D eigenvalue weighted by Gasteiger charge is -2.31. The molecule has 26 heavy (non-hydrogen) atoms. The quantitative estimate of drug-likeness (QED) is 0.829. The van der Waals surface area contributed by atoms with Crippen LogP contribution < -0.4 is 0 Å². The van der Waals surface area contributed by atoms with Crippen molar-refractivity contribution in [2.75, 3.05) is 13.1 Å². The lowest BCUT2D eigenvalue weighted by atomic mass is 9.93. The first kappa shape index (κ1) is 17.2. The summed E-state index contributed by atoms with van der Waals surface area (Å²) in [6.07, 6.45) is 11.0. The Kier molecular flexibility index (Phi) is 4.74. The van der Waals surface area contributed by atoms with Gasteiger partial charge in [0.15, 0.2) is 0 Å². The zero-order valence-corrected chi connectivity index (χ0v) is 15.7. The van der Waals surface area contributed by atoms with Gasteiger partial charge in [0, 0.05) is 44.1 Å². The van der Waals surface area contributed by atoms with E-state index in [9.17, 15) is 4.79 Å². The van der Waals surface area contributed by atoms with E-state index in [0.717, 1.165) is 50.5 Å². The first-order chi connectivity index (χ1) is 12.6. The van der Waals surface area contributed by atoms with Gasteiger partial charge in [0.1, 0.15) is 11.5 Å². The van der Waals surface area contributed by atoms with Crippen LogP contribution >= 0.6 is 0 Å². The number of hydrogen-bond acceptors (Lipinski definition) is 4. The number of amides is 1. The number of carbonyl (C=O) groups excluding carboxylic acids is 1. The van der Waals surface area contributed by atoms with Crippen LogP contribution in [0.4, 0.5) is 0 Å². The van der Waals surface area contributed by atoms with Crippen LogP contribution in [0.5, 0.6) is 0 Å². The van der Waals surface area contributed by atoms with Gasteiger partial charge in [-0.25, -0.2) is 9.97 Å². The van der Waals surface area contributed by atoms with E-state index in [4.69, 9.17) is 0 Å². The fourth-order valence-electron chi connectivity index (χ4n) is 3.75. The molecule has 2 aromatic heterocycles. The number of nitrogens with zero attached hydrogens (tertiary/aromatic N) is 5. The number of hydrogen-bond donors (Lipinski definition) is 0. The maximum absolute atomic E-state index is 12.6. The average molecular weight is 353 g/mol. The third-order valence-electron chi connectivity index (χ3n) is 5.65. The van der Waals surface area contributed by atoms with Crippen LogP contribution in [-0.4, -0.2) is 43.4 Å². The minimum Gasteiger partial charge on any atom is -0.337 e. The van der Waals surface area contributed by atoms with Crippen molar-refractivity contribution in [2.45, 2.75) is 52.5 Å². The number of rotatable bonds is 5. The minimum absolute atomic E-state index is 0.00188. The number of carbonyl (C=O) groups is 1. The van der Waals surface area contributed by atoms with Crippen molar-refractivity contribution in [2.24, 2.45) is 11.8 Å². The molecule has 6 nitrogen and oxygen atoms in total. The molecule has 6 heteroatoms. The molecule has 0 aromatic carbocycles. The molecule has 1 amide bonds. The minimum atomic E-state index is 0.00188. The van der Waals surface area contributed by atoms with Crippen molar-refractivity contribution in [3.63, 3.8) is 0 Å². The topological polar surface area (TPSA) is 63.9 Å². The van der Waals surface area contributed by atoms with E-state index in [-0.39, 0.29) is 5.91 Å². The lowest BCUT2D eigenvalue weighted by Crippen LogP contribution is -2.39. The van der Waals surface area contributed by atoms with Gasteiger partial charge >= 0.3 is 0 Å². The van der Waals surface area contributed by atoms with E-state index in [1.807, 2.05) is 18.0 Å². The summed E-state index contributed by atoms with van der Waals surface area (Å²) in [5.41, 5.74) is 2.55. The third-order valence-corrected chi connectivity index (χ3v) is 5.65. The van der Waals surface area contributed by atoms with Crippen molar-refractivity contribution >= 4 is 5.91 Å². The van der Waals surface area contributed by atoms with E-state index in [2.05, 4.69) is 26.4 Å². The Morgan fingerprint density at radius 3 is 2.42 bits per heavy atom. The summed E-state index contributed by atoms with van der Waals surface area (Å²) in [5.74, 6) is 2.69. The fourth-order valence-corrected chi connectivity index (χ4v) is 3.75. The molecule has 3 heterocycles. The molecule has 1 saturated carbocycles. The van der Waals surface area contributed by atoms with Gasteiger partial charge in [-0.05, 0) is 51.4 Å². The van der Waals surface area contributed by atoms with E-state index in [1.165, 1.54) is 24.4 Å². The maximum atomic E-state index is 12.6. The number of imidazole rings is 1. The molecule has 0 unspecified atom stereocenters. The highest BCUT2D eigenvalue weighted by Gasteiger charge is 2.27. The highest BCUT2D eigenvalue weighted by molar-refractivity contribution is 5.92. The summed E-state index contributed by atoms with van der Waals surface area (Å²) in [4.78, 5) is 27.6. The van der Waals surface area contributed by atoms with E-state index in [0.29, 0.717) is 11.6 Å². The Labute approximate surface area is 154 Å². The zero-order valence-electron chi connectivity index (χ0n) is 15.7. The predicted octanol–water partition coefficient (Wildman–Crippen LogP) is 2.79. The van der Waals surface area contributed by atoms with E-state index < -0.39 is 0 Å². The Morgan fingerprint density at radius 2 is 1.77 bits per heavy atom. The molecule has 0 radical (unpaired) electrons. The van der Waals surface area contributed by atoms with Gasteiger partial charge in [-0.15, -0.1) is 0 Å². The molecule has 138 valence electrons. The van der Waals surface area contributed by atoms with Crippen molar-refractivity contribution in [1.82, 2.24) is 24.4 Å². The molecular weight excluding hydrogens is 326 g/mol. The Hall–Kier alpha value is -2.24. The molecule has 2 aromatic rings. The van der Waals surface area contributed by atoms with Gasteiger partial charge < -0.3 is 9.47 Å². The predicted molar refractivity (Wildman–Crippen MR) is 98.8 cm³/mol. The monoisotopic (exact) mass is 353 g/mol. The van der Waals surface area contributed by atoms with Gasteiger partial charge in [-0.3, -0.25) is 9.78 Å². The summed E-state index contributed by atoms with van der Waals surface area (Å²) in [5, 5.41) is 0. The first-order valence-corrected chi connectivity index (χ1v) is 9.69. The first-order valence-electron chi connectivity index (χ1n) is 9.69. The summed E-state index contributed by atoms with van der Waals surface area (Å²) in [7, 11) is 0. The van der Waals surface area contributed by atoms with Crippen molar-refractivity contribution in [1.29, 1.82) is 0 Å². The summed E-state index contributed by atoms with van der Waals surface area (Å²) in [6, 6.07) is 0. The Morgan fingerprint density at radius 1 is 1.00 bits per heavy atom. The van der Waals surface area contributed by atoms with Crippen LogP contribution in [-0.2, 0) is 13.0 Å². The van der Waals surface area contributed by atoms with Crippen LogP contribution in [0.3, 0.4) is 0 Å². The van der Waals surface area contributed by atoms with Crippen LogP contribution in [0.1, 0.15) is 53.4 Å².